The maximum Gasteiger partial charge on any atom is 0.387 e. The van der Waals surface area contributed by atoms with Gasteiger partial charge in [0.1, 0.15) is 17.6 Å². The highest BCUT2D eigenvalue weighted by Gasteiger charge is 2.25. The van der Waals surface area contributed by atoms with Gasteiger partial charge in [-0.05, 0) is 66.8 Å². The minimum absolute atomic E-state index is 0.0226. The molecule has 5 rings (SSSR count). The van der Waals surface area contributed by atoms with E-state index in [0.29, 0.717) is 17.1 Å². The zero-order valence-electron chi connectivity index (χ0n) is 19.6. The van der Waals surface area contributed by atoms with Crippen molar-refractivity contribution in [1.82, 2.24) is 14.5 Å². The molecule has 3 N–H and O–H groups in total. The molecule has 2 heterocycles. The number of rotatable bonds is 6. The third kappa shape index (κ3) is 5.08. The van der Waals surface area contributed by atoms with Crippen LogP contribution in [0.1, 0.15) is 37.1 Å². The minimum atomic E-state index is -2.91. The number of nitrogens with one attached hydrogen (secondary N) is 1. The number of halogens is 2. The average molecular weight is 480 g/mol. The van der Waals surface area contributed by atoms with E-state index in [9.17, 15) is 13.6 Å². The Morgan fingerprint density at radius 2 is 1.91 bits per heavy atom. The molecule has 1 aliphatic carbocycles. The van der Waals surface area contributed by atoms with Gasteiger partial charge < -0.3 is 20.4 Å². The van der Waals surface area contributed by atoms with Gasteiger partial charge in [0.15, 0.2) is 5.82 Å². The average Bonchev–Trinajstić information content (AvgIpc) is 3.43. The number of carbonyl (C=O) groups is 1. The van der Waals surface area contributed by atoms with Gasteiger partial charge in [-0.3, -0.25) is 4.79 Å². The van der Waals surface area contributed by atoms with Gasteiger partial charge in [0.2, 0.25) is 5.91 Å². The third-order valence-corrected chi connectivity index (χ3v) is 5.72. The zero-order chi connectivity index (χ0) is 24.9. The van der Waals surface area contributed by atoms with Crippen molar-refractivity contribution in [2.45, 2.75) is 46.1 Å². The first-order valence-corrected chi connectivity index (χ1v) is 11.6. The monoisotopic (exact) mass is 479 g/mol. The number of ether oxygens (including phenoxy) is 1. The summed E-state index contributed by atoms with van der Waals surface area (Å²) in [5.74, 6) is 0.195. The van der Waals surface area contributed by atoms with Gasteiger partial charge in [0.05, 0.1) is 11.9 Å². The van der Waals surface area contributed by atoms with E-state index in [0.717, 1.165) is 36.0 Å². The Labute approximate surface area is 202 Å². The first-order chi connectivity index (χ1) is 17.0. The van der Waals surface area contributed by atoms with Crippen molar-refractivity contribution in [3.05, 3.63) is 71.7 Å². The number of benzene rings is 2. The van der Waals surface area contributed by atoms with Gasteiger partial charge in [0.25, 0.3) is 0 Å². The van der Waals surface area contributed by atoms with Crippen molar-refractivity contribution in [3.63, 3.8) is 0 Å². The van der Waals surface area contributed by atoms with Crippen LogP contribution in [0.2, 0.25) is 0 Å². The maximum absolute atomic E-state index is 12.5. The summed E-state index contributed by atoms with van der Waals surface area (Å²) in [5.41, 5.74) is 12.4. The fraction of sp³-hybridized carbons (Fsp3) is 0.269. The molecule has 0 aliphatic heterocycles. The number of hydrogen-bond donors (Lipinski definition) is 2. The molecule has 1 aliphatic rings. The lowest BCUT2D eigenvalue weighted by Gasteiger charge is -2.12. The van der Waals surface area contributed by atoms with Gasteiger partial charge in [-0.25, -0.2) is 9.97 Å². The Hall–Kier alpha value is -4.01. The van der Waals surface area contributed by atoms with Crippen LogP contribution in [0.4, 0.5) is 20.3 Å². The van der Waals surface area contributed by atoms with Crippen LogP contribution in [0.25, 0.3) is 16.7 Å². The van der Waals surface area contributed by atoms with E-state index < -0.39 is 6.61 Å². The summed E-state index contributed by atoms with van der Waals surface area (Å²) in [7, 11) is 0. The smallest absolute Gasteiger partial charge is 0.387 e. The van der Waals surface area contributed by atoms with Gasteiger partial charge >= 0.3 is 6.61 Å². The highest BCUT2D eigenvalue weighted by molar-refractivity contribution is 5.93. The molecule has 2 aromatic carbocycles. The molecule has 9 heteroatoms. The summed E-state index contributed by atoms with van der Waals surface area (Å²) in [6.45, 7) is 1.09. The second-order valence-electron chi connectivity index (χ2n) is 7.87. The number of anilines is 2. The van der Waals surface area contributed by atoms with Crippen LogP contribution < -0.4 is 15.8 Å². The van der Waals surface area contributed by atoms with Gasteiger partial charge in [-0.1, -0.05) is 26.0 Å². The van der Waals surface area contributed by atoms with Crippen LogP contribution in [0.15, 0.2) is 54.9 Å². The normalized spacial score (nSPS) is 12.3. The Morgan fingerprint density at radius 3 is 2.66 bits per heavy atom. The number of nitrogens with two attached hydrogens (primary N) is 1. The molecule has 0 radical (unpaired) electrons. The summed E-state index contributed by atoms with van der Waals surface area (Å²) in [6, 6.07) is 13.6. The molecule has 4 aromatic rings. The predicted molar refractivity (Wildman–Crippen MR) is 132 cm³/mol. The number of nitrogen functional groups attached to an aromatic ring is 1. The lowest BCUT2D eigenvalue weighted by atomic mass is 10.1. The van der Waals surface area contributed by atoms with Crippen molar-refractivity contribution >= 4 is 28.4 Å². The summed E-state index contributed by atoms with van der Waals surface area (Å²) < 4.78 is 31.3. The fourth-order valence-corrected chi connectivity index (χ4v) is 4.40. The van der Waals surface area contributed by atoms with E-state index in [4.69, 9.17) is 5.73 Å². The first-order valence-electron chi connectivity index (χ1n) is 11.6. The highest BCUT2D eigenvalue weighted by atomic mass is 19.3. The van der Waals surface area contributed by atoms with E-state index in [1.165, 1.54) is 29.7 Å². The number of carbonyl (C=O) groups excluding carboxylic acids is 1. The van der Waals surface area contributed by atoms with Crippen LogP contribution in [0.3, 0.4) is 0 Å². The largest absolute Gasteiger partial charge is 0.435 e. The quantitative estimate of drug-likeness (QED) is 0.391. The number of alkyl halides is 2. The standard InChI is InChI=1S/C24H21F2N5O2.C2H6/c25-24(26)33-17-4-1-3-14(11-17)12-20(32)30-15-7-9-16(10-8-15)31-19-6-2-5-18(19)21-22(31)23(27)29-13-28-21;1-2/h1,3-4,7-11,13,24H,2,5-6,12H2,(H,30,32)(H2,27,28,29);1-2H3. The van der Waals surface area contributed by atoms with E-state index >= 15 is 0 Å². The lowest BCUT2D eigenvalue weighted by Crippen LogP contribution is -2.14. The molecule has 0 bridgehead atoms. The molecule has 7 nitrogen and oxygen atoms in total. The molecule has 0 unspecified atom stereocenters. The van der Waals surface area contributed by atoms with Crippen molar-refractivity contribution in [2.75, 3.05) is 11.1 Å². The third-order valence-electron chi connectivity index (χ3n) is 5.72. The second kappa shape index (κ2) is 10.5. The number of amides is 1. The molecular weight excluding hydrogens is 452 g/mol. The van der Waals surface area contributed by atoms with E-state index in [2.05, 4.69) is 24.6 Å². The molecule has 1 amide bonds. The Balaban J connectivity index is 0.00000141. The molecule has 35 heavy (non-hydrogen) atoms. The molecule has 0 saturated heterocycles. The molecule has 182 valence electrons. The van der Waals surface area contributed by atoms with E-state index in [1.807, 2.05) is 38.1 Å². The Bertz CT molecular complexity index is 1340. The number of fused-ring (bicyclic) bond motifs is 3. The van der Waals surface area contributed by atoms with Gasteiger partial charge in [-0.15, -0.1) is 0 Å². The topological polar surface area (TPSA) is 95.1 Å². The van der Waals surface area contributed by atoms with Crippen molar-refractivity contribution < 1.29 is 18.3 Å². The van der Waals surface area contributed by atoms with Crippen LogP contribution >= 0.6 is 0 Å². The summed E-state index contributed by atoms with van der Waals surface area (Å²) in [4.78, 5) is 21.1. The van der Waals surface area contributed by atoms with Gasteiger partial charge in [0, 0.05) is 17.1 Å². The fourth-order valence-electron chi connectivity index (χ4n) is 4.40. The van der Waals surface area contributed by atoms with E-state index in [-0.39, 0.29) is 18.1 Å². The lowest BCUT2D eigenvalue weighted by molar-refractivity contribution is -0.115. The molecule has 0 spiro atoms. The van der Waals surface area contributed by atoms with E-state index in [1.54, 1.807) is 12.1 Å². The number of aryl methyl sites for hydroxylation is 1. The molecule has 0 atom stereocenters. The zero-order valence-corrected chi connectivity index (χ0v) is 19.6. The summed E-state index contributed by atoms with van der Waals surface area (Å²) in [6.07, 6.45) is 4.51. The molecule has 0 fully saturated rings. The Kier molecular flexibility index (Phi) is 7.24. The number of nitrogens with zero attached hydrogens (tertiary/aromatic N) is 3. The van der Waals surface area contributed by atoms with Crippen LogP contribution in [-0.4, -0.2) is 27.1 Å². The van der Waals surface area contributed by atoms with Crippen LogP contribution in [-0.2, 0) is 24.1 Å². The number of hydrogen-bond acceptors (Lipinski definition) is 5. The van der Waals surface area contributed by atoms with Crippen molar-refractivity contribution in [3.8, 4) is 11.4 Å². The first kappa shape index (κ1) is 24.1. The highest BCUT2D eigenvalue weighted by Crippen LogP contribution is 2.36. The molecule has 2 aromatic heterocycles. The molecular formula is C26H27F2N5O2. The SMILES string of the molecule is CC.Nc1ncnc2c3c(n(-c4ccc(NC(=O)Cc5cccc(OC(F)F)c5)cc4)c12)CCC3. The van der Waals surface area contributed by atoms with Crippen molar-refractivity contribution in [2.24, 2.45) is 0 Å². The minimum Gasteiger partial charge on any atom is -0.435 e. The van der Waals surface area contributed by atoms with Crippen molar-refractivity contribution in [1.29, 1.82) is 0 Å². The van der Waals surface area contributed by atoms with Gasteiger partial charge in [-0.2, -0.15) is 8.78 Å². The predicted octanol–water partition coefficient (Wildman–Crippen LogP) is 5.30. The molecule has 0 saturated carbocycles. The second-order valence-corrected chi connectivity index (χ2v) is 7.87. The Morgan fingerprint density at radius 1 is 1.14 bits per heavy atom. The maximum atomic E-state index is 12.5. The van der Waals surface area contributed by atoms with Crippen LogP contribution in [0, 0.1) is 0 Å². The van der Waals surface area contributed by atoms with Crippen LogP contribution in [0.5, 0.6) is 5.75 Å². The number of aromatic nitrogens is 3. The summed E-state index contributed by atoms with van der Waals surface area (Å²) >= 11 is 0. The summed E-state index contributed by atoms with van der Waals surface area (Å²) in [5, 5.41) is 2.84.